The molecule has 1 aliphatic heterocycles. The van der Waals surface area contributed by atoms with Crippen LogP contribution in [0.15, 0.2) is 42.5 Å². The van der Waals surface area contributed by atoms with E-state index in [-0.39, 0.29) is 18.8 Å². The van der Waals surface area contributed by atoms with Gasteiger partial charge in [0.2, 0.25) is 6.79 Å². The highest BCUT2D eigenvalue weighted by Crippen LogP contribution is 2.39. The Bertz CT molecular complexity index is 736. The molecule has 0 spiro atoms. The molecular formula is C19H20ClNO4. The molecule has 0 radical (unpaired) electrons. The van der Waals surface area contributed by atoms with Gasteiger partial charge in [-0.05, 0) is 31.0 Å². The number of halogens is 1. The number of carbonyl (C=O) groups is 1. The lowest BCUT2D eigenvalue weighted by atomic mass is 10.1. The minimum Gasteiger partial charge on any atom is -0.454 e. The molecule has 0 fully saturated rings. The number of hydrogen-bond donors (Lipinski definition) is 1. The zero-order chi connectivity index (χ0) is 17.6. The highest BCUT2D eigenvalue weighted by atomic mass is 35.5. The molecule has 132 valence electrons. The molecule has 5 nitrogen and oxygen atoms in total. The molecule has 0 aromatic heterocycles. The predicted molar refractivity (Wildman–Crippen MR) is 95.3 cm³/mol. The second-order valence-corrected chi connectivity index (χ2v) is 6.13. The first-order valence-corrected chi connectivity index (χ1v) is 8.57. The summed E-state index contributed by atoms with van der Waals surface area (Å²) in [6.07, 6.45) is 0.755. The van der Waals surface area contributed by atoms with Crippen LogP contribution in [0.1, 0.15) is 35.4 Å². The summed E-state index contributed by atoms with van der Waals surface area (Å²) < 4.78 is 16.3. The number of amides is 1. The fourth-order valence-corrected chi connectivity index (χ4v) is 2.82. The van der Waals surface area contributed by atoms with E-state index in [1.165, 1.54) is 0 Å². The molecule has 0 bridgehead atoms. The number of nitrogens with one attached hydrogen (secondary N) is 1. The third-order valence-corrected chi connectivity index (χ3v) is 4.21. The number of fused-ring (bicyclic) bond motifs is 1. The number of hydrogen-bond acceptors (Lipinski definition) is 4. The van der Waals surface area contributed by atoms with Gasteiger partial charge in [-0.15, -0.1) is 0 Å². The molecular weight excluding hydrogens is 342 g/mol. The van der Waals surface area contributed by atoms with Crippen LogP contribution < -0.4 is 14.8 Å². The lowest BCUT2D eigenvalue weighted by Gasteiger charge is -2.13. The largest absolute Gasteiger partial charge is 0.454 e. The molecule has 6 heteroatoms. The number of carbonyl (C=O) groups excluding carboxylic acids is 1. The van der Waals surface area contributed by atoms with Gasteiger partial charge in [-0.25, -0.2) is 0 Å². The van der Waals surface area contributed by atoms with Gasteiger partial charge in [0.25, 0.3) is 5.91 Å². The van der Waals surface area contributed by atoms with E-state index >= 15 is 0 Å². The van der Waals surface area contributed by atoms with E-state index < -0.39 is 0 Å². The van der Waals surface area contributed by atoms with Crippen LogP contribution in [0.3, 0.4) is 0 Å². The van der Waals surface area contributed by atoms with Gasteiger partial charge in [0.1, 0.15) is 0 Å². The van der Waals surface area contributed by atoms with E-state index in [1.54, 1.807) is 12.1 Å². The monoisotopic (exact) mass is 361 g/mol. The number of benzene rings is 2. The highest BCUT2D eigenvalue weighted by Gasteiger charge is 2.20. The van der Waals surface area contributed by atoms with Gasteiger partial charge in [0.15, 0.2) is 11.5 Å². The smallest absolute Gasteiger partial charge is 0.251 e. The quantitative estimate of drug-likeness (QED) is 0.758. The zero-order valence-electron chi connectivity index (χ0n) is 14.0. The summed E-state index contributed by atoms with van der Waals surface area (Å²) in [5, 5.41) is 3.23. The third-order valence-electron chi connectivity index (χ3n) is 3.93. The maximum Gasteiger partial charge on any atom is 0.251 e. The maximum atomic E-state index is 12.2. The van der Waals surface area contributed by atoms with Crippen LogP contribution in [0.4, 0.5) is 0 Å². The summed E-state index contributed by atoms with van der Waals surface area (Å²) in [5.74, 6) is 0.787. The maximum absolute atomic E-state index is 12.2. The van der Waals surface area contributed by atoms with Crippen LogP contribution in [0, 0.1) is 0 Å². The average molecular weight is 362 g/mol. The SMILES string of the molecule is CC(OCCCNC(=O)c1cc(Cl)c2c(c1)OCO2)c1ccccc1. The zero-order valence-corrected chi connectivity index (χ0v) is 14.7. The molecule has 0 aliphatic carbocycles. The van der Waals surface area contributed by atoms with E-state index in [2.05, 4.69) is 5.32 Å². The summed E-state index contributed by atoms with van der Waals surface area (Å²) in [6.45, 7) is 3.23. The Balaban J connectivity index is 1.42. The van der Waals surface area contributed by atoms with Crippen LogP contribution in [0.5, 0.6) is 11.5 Å². The Hall–Kier alpha value is -2.24. The van der Waals surface area contributed by atoms with Crippen LogP contribution >= 0.6 is 11.6 Å². The first kappa shape index (κ1) is 17.6. The average Bonchev–Trinajstić information content (AvgIpc) is 3.11. The van der Waals surface area contributed by atoms with Crippen molar-refractivity contribution in [3.63, 3.8) is 0 Å². The fraction of sp³-hybridized carbons (Fsp3) is 0.316. The first-order valence-electron chi connectivity index (χ1n) is 8.19. The number of rotatable bonds is 7. The molecule has 25 heavy (non-hydrogen) atoms. The normalized spacial score (nSPS) is 13.5. The van der Waals surface area contributed by atoms with E-state index in [0.717, 1.165) is 12.0 Å². The molecule has 2 aromatic rings. The van der Waals surface area contributed by atoms with E-state index in [1.807, 2.05) is 37.3 Å². The topological polar surface area (TPSA) is 56.8 Å². The highest BCUT2D eigenvalue weighted by molar-refractivity contribution is 6.32. The Labute approximate surface area is 151 Å². The van der Waals surface area contributed by atoms with Crippen molar-refractivity contribution in [2.75, 3.05) is 19.9 Å². The standard InChI is InChI=1S/C19H20ClNO4/c1-13(14-6-3-2-4-7-14)23-9-5-8-21-19(22)15-10-16(20)18-17(11-15)24-12-25-18/h2-4,6-7,10-11,13H,5,8-9,12H2,1H3,(H,21,22). The molecule has 3 rings (SSSR count). The van der Waals surface area contributed by atoms with Crippen LogP contribution in [0.2, 0.25) is 5.02 Å². The van der Waals surface area contributed by atoms with Crippen LogP contribution in [0.25, 0.3) is 0 Å². The second kappa shape index (κ2) is 8.23. The van der Waals surface area contributed by atoms with Gasteiger partial charge in [-0.3, -0.25) is 4.79 Å². The van der Waals surface area contributed by atoms with Gasteiger partial charge in [0.05, 0.1) is 11.1 Å². The van der Waals surface area contributed by atoms with Crippen molar-refractivity contribution in [1.29, 1.82) is 0 Å². The van der Waals surface area contributed by atoms with E-state index in [4.69, 9.17) is 25.8 Å². The van der Waals surface area contributed by atoms with Crippen LogP contribution in [-0.4, -0.2) is 25.9 Å². The third kappa shape index (κ3) is 4.44. The second-order valence-electron chi connectivity index (χ2n) is 5.73. The molecule has 0 saturated heterocycles. The Morgan fingerprint density at radius 3 is 2.88 bits per heavy atom. The van der Waals surface area contributed by atoms with Gasteiger partial charge < -0.3 is 19.5 Å². The molecule has 2 aromatic carbocycles. The van der Waals surface area contributed by atoms with Crippen molar-refractivity contribution in [2.24, 2.45) is 0 Å². The first-order chi connectivity index (χ1) is 12.1. The molecule has 0 saturated carbocycles. The molecule has 1 atom stereocenters. The Morgan fingerprint density at radius 2 is 2.08 bits per heavy atom. The van der Waals surface area contributed by atoms with Gasteiger partial charge >= 0.3 is 0 Å². The van der Waals surface area contributed by atoms with Crippen molar-refractivity contribution < 1.29 is 19.0 Å². The predicted octanol–water partition coefficient (Wildman–Crippen LogP) is 3.97. The lowest BCUT2D eigenvalue weighted by molar-refractivity contribution is 0.0635. The molecule has 1 heterocycles. The summed E-state index contributed by atoms with van der Waals surface area (Å²) in [5.41, 5.74) is 1.59. The minimum absolute atomic E-state index is 0.0320. The van der Waals surface area contributed by atoms with Gasteiger partial charge in [-0.2, -0.15) is 0 Å². The lowest BCUT2D eigenvalue weighted by Crippen LogP contribution is -2.25. The van der Waals surface area contributed by atoms with E-state index in [0.29, 0.717) is 35.2 Å². The number of ether oxygens (including phenoxy) is 3. The summed E-state index contributed by atoms with van der Waals surface area (Å²) in [6, 6.07) is 13.3. The minimum atomic E-state index is -0.198. The summed E-state index contributed by atoms with van der Waals surface area (Å²) in [7, 11) is 0. The van der Waals surface area contributed by atoms with Crippen molar-refractivity contribution in [3.05, 3.63) is 58.6 Å². The molecule has 1 unspecified atom stereocenters. The molecule has 1 N–H and O–H groups in total. The van der Waals surface area contributed by atoms with E-state index in [9.17, 15) is 4.79 Å². The summed E-state index contributed by atoms with van der Waals surface area (Å²) >= 11 is 6.09. The van der Waals surface area contributed by atoms with Gasteiger partial charge in [0, 0.05) is 18.7 Å². The molecule has 1 amide bonds. The van der Waals surface area contributed by atoms with Crippen molar-refractivity contribution >= 4 is 17.5 Å². The van der Waals surface area contributed by atoms with Gasteiger partial charge in [-0.1, -0.05) is 41.9 Å². The Morgan fingerprint density at radius 1 is 1.28 bits per heavy atom. The van der Waals surface area contributed by atoms with Crippen LogP contribution in [-0.2, 0) is 4.74 Å². The summed E-state index contributed by atoms with van der Waals surface area (Å²) in [4.78, 5) is 12.2. The molecule has 1 aliphatic rings. The fourth-order valence-electron chi connectivity index (χ4n) is 2.56. The van der Waals surface area contributed by atoms with Crippen molar-refractivity contribution in [2.45, 2.75) is 19.4 Å². The van der Waals surface area contributed by atoms with Crippen molar-refractivity contribution in [1.82, 2.24) is 5.32 Å². The van der Waals surface area contributed by atoms with Crippen molar-refractivity contribution in [3.8, 4) is 11.5 Å². The Kier molecular flexibility index (Phi) is 5.79.